The van der Waals surface area contributed by atoms with E-state index in [4.69, 9.17) is 10.8 Å². The van der Waals surface area contributed by atoms with Gasteiger partial charge < -0.3 is 16.2 Å². The molecule has 1 rings (SSSR count). The number of hydrogen-bond acceptors (Lipinski definition) is 3. The first kappa shape index (κ1) is 12.5. The summed E-state index contributed by atoms with van der Waals surface area (Å²) in [5.74, 6) is -0.866. The van der Waals surface area contributed by atoms with Crippen LogP contribution in [0.2, 0.25) is 0 Å². The lowest BCUT2D eigenvalue weighted by Gasteiger charge is -2.12. The molecule has 0 aromatic heterocycles. The number of nitrogens with one attached hydrogen (secondary N) is 1. The summed E-state index contributed by atoms with van der Waals surface area (Å²) in [6, 6.07) is 5.75. The molecule has 0 amide bonds. The molecule has 0 heterocycles. The first-order chi connectivity index (χ1) is 7.47. The molecule has 0 fully saturated rings. The zero-order valence-electron chi connectivity index (χ0n) is 9.66. The van der Waals surface area contributed by atoms with Crippen LogP contribution in [0.25, 0.3) is 0 Å². The number of nitrogens with two attached hydrogens (primary N) is 1. The molecule has 0 saturated carbocycles. The van der Waals surface area contributed by atoms with E-state index >= 15 is 0 Å². The van der Waals surface area contributed by atoms with E-state index in [-0.39, 0.29) is 12.5 Å². The number of benzene rings is 1. The van der Waals surface area contributed by atoms with Crippen LogP contribution in [0.5, 0.6) is 0 Å². The van der Waals surface area contributed by atoms with Crippen molar-refractivity contribution in [3.63, 3.8) is 0 Å². The van der Waals surface area contributed by atoms with Crippen LogP contribution < -0.4 is 11.1 Å². The normalized spacial score (nSPS) is 12.2. The highest BCUT2D eigenvalue weighted by atomic mass is 16.4. The Bertz CT molecular complexity index is 357. The third-order valence-electron chi connectivity index (χ3n) is 2.23. The minimum absolute atomic E-state index is 0.0161. The first-order valence-corrected chi connectivity index (χ1v) is 5.27. The van der Waals surface area contributed by atoms with Crippen molar-refractivity contribution in [3.05, 3.63) is 29.3 Å². The molecule has 4 heteroatoms. The molecule has 1 aromatic rings. The fourth-order valence-electron chi connectivity index (χ4n) is 1.62. The molecule has 1 aromatic carbocycles. The molecule has 0 radical (unpaired) electrons. The Kier molecular flexibility index (Phi) is 4.31. The quantitative estimate of drug-likeness (QED) is 0.706. The molecule has 0 bridgehead atoms. The molecular formula is C12H18N2O2. The van der Waals surface area contributed by atoms with Crippen molar-refractivity contribution in [2.75, 3.05) is 11.9 Å². The molecule has 0 aliphatic carbocycles. The summed E-state index contributed by atoms with van der Waals surface area (Å²) in [4.78, 5) is 10.4. The SMILES string of the molecule is Cc1cc(C)cc(NCC(N)CC(=O)O)c1. The maximum atomic E-state index is 10.4. The second-order valence-corrected chi connectivity index (χ2v) is 4.12. The number of carboxylic acids is 1. The number of aliphatic carboxylic acids is 1. The second kappa shape index (κ2) is 5.51. The summed E-state index contributed by atoms with van der Waals surface area (Å²) >= 11 is 0. The van der Waals surface area contributed by atoms with Gasteiger partial charge in [0.15, 0.2) is 0 Å². The van der Waals surface area contributed by atoms with E-state index in [1.165, 1.54) is 11.1 Å². The predicted octanol–water partition coefficient (Wildman–Crippen LogP) is 1.52. The number of hydrogen-bond donors (Lipinski definition) is 3. The lowest BCUT2D eigenvalue weighted by atomic mass is 10.1. The number of aryl methyl sites for hydroxylation is 2. The number of anilines is 1. The summed E-state index contributed by atoms with van der Waals surface area (Å²) in [6.07, 6.45) is -0.0161. The smallest absolute Gasteiger partial charge is 0.304 e. The fourth-order valence-corrected chi connectivity index (χ4v) is 1.62. The van der Waals surface area contributed by atoms with E-state index in [0.717, 1.165) is 5.69 Å². The van der Waals surface area contributed by atoms with Gasteiger partial charge in [0.05, 0.1) is 6.42 Å². The van der Waals surface area contributed by atoms with Crippen LogP contribution in [0, 0.1) is 13.8 Å². The van der Waals surface area contributed by atoms with Gasteiger partial charge in [0.2, 0.25) is 0 Å². The van der Waals surface area contributed by atoms with E-state index in [2.05, 4.69) is 11.4 Å². The van der Waals surface area contributed by atoms with Gasteiger partial charge in [-0.1, -0.05) is 6.07 Å². The Labute approximate surface area is 95.5 Å². The Morgan fingerprint density at radius 3 is 2.44 bits per heavy atom. The average Bonchev–Trinajstić information content (AvgIpc) is 2.12. The van der Waals surface area contributed by atoms with Gasteiger partial charge in [0.25, 0.3) is 0 Å². The fraction of sp³-hybridized carbons (Fsp3) is 0.417. The van der Waals surface area contributed by atoms with E-state index in [1.807, 2.05) is 26.0 Å². The average molecular weight is 222 g/mol. The summed E-state index contributed by atoms with van der Waals surface area (Å²) in [7, 11) is 0. The largest absolute Gasteiger partial charge is 0.481 e. The van der Waals surface area contributed by atoms with Gasteiger partial charge in [-0.15, -0.1) is 0 Å². The topological polar surface area (TPSA) is 75.3 Å². The highest BCUT2D eigenvalue weighted by Gasteiger charge is 2.07. The van der Waals surface area contributed by atoms with Crippen LogP contribution in [0.3, 0.4) is 0 Å². The Morgan fingerprint density at radius 2 is 1.94 bits per heavy atom. The van der Waals surface area contributed by atoms with Crippen molar-refractivity contribution in [2.45, 2.75) is 26.3 Å². The van der Waals surface area contributed by atoms with Gasteiger partial charge in [0.1, 0.15) is 0 Å². The molecular weight excluding hydrogens is 204 g/mol. The molecule has 4 N–H and O–H groups in total. The van der Waals surface area contributed by atoms with Gasteiger partial charge in [0, 0.05) is 18.3 Å². The minimum Gasteiger partial charge on any atom is -0.481 e. The van der Waals surface area contributed by atoms with Crippen LogP contribution in [-0.4, -0.2) is 23.7 Å². The van der Waals surface area contributed by atoms with Crippen LogP contribution in [0.15, 0.2) is 18.2 Å². The van der Waals surface area contributed by atoms with Crippen LogP contribution >= 0.6 is 0 Å². The van der Waals surface area contributed by atoms with Crippen LogP contribution in [-0.2, 0) is 4.79 Å². The maximum Gasteiger partial charge on any atom is 0.304 e. The van der Waals surface area contributed by atoms with Crippen molar-refractivity contribution in [1.29, 1.82) is 0 Å². The zero-order valence-corrected chi connectivity index (χ0v) is 9.66. The summed E-state index contributed by atoms with van der Waals surface area (Å²) in [5.41, 5.74) is 8.99. The van der Waals surface area contributed by atoms with E-state index in [1.54, 1.807) is 0 Å². The van der Waals surface area contributed by atoms with Crippen molar-refractivity contribution in [3.8, 4) is 0 Å². The van der Waals surface area contributed by atoms with Crippen molar-refractivity contribution >= 4 is 11.7 Å². The maximum absolute atomic E-state index is 10.4. The molecule has 0 aliphatic heterocycles. The molecule has 0 saturated heterocycles. The van der Waals surface area contributed by atoms with Crippen molar-refractivity contribution < 1.29 is 9.90 Å². The summed E-state index contributed by atoms with van der Waals surface area (Å²) < 4.78 is 0. The zero-order chi connectivity index (χ0) is 12.1. The molecule has 0 aliphatic rings. The lowest BCUT2D eigenvalue weighted by Crippen LogP contribution is -2.31. The standard InChI is InChI=1S/C12H18N2O2/c1-8-3-9(2)5-11(4-8)14-7-10(13)6-12(15)16/h3-5,10,14H,6-7,13H2,1-2H3,(H,15,16). The van der Waals surface area contributed by atoms with Crippen molar-refractivity contribution in [1.82, 2.24) is 0 Å². The number of rotatable bonds is 5. The molecule has 88 valence electrons. The van der Waals surface area contributed by atoms with E-state index in [9.17, 15) is 4.79 Å². The molecule has 0 spiro atoms. The first-order valence-electron chi connectivity index (χ1n) is 5.27. The number of carboxylic acid groups (broad SMARTS) is 1. The molecule has 16 heavy (non-hydrogen) atoms. The summed E-state index contributed by atoms with van der Waals surface area (Å²) in [6.45, 7) is 4.51. The monoisotopic (exact) mass is 222 g/mol. The molecule has 4 nitrogen and oxygen atoms in total. The Hall–Kier alpha value is -1.55. The highest BCUT2D eigenvalue weighted by molar-refractivity contribution is 5.67. The molecule has 1 unspecified atom stereocenters. The van der Waals surface area contributed by atoms with Crippen molar-refractivity contribution in [2.24, 2.45) is 5.73 Å². The minimum atomic E-state index is -0.866. The third kappa shape index (κ3) is 4.31. The second-order valence-electron chi connectivity index (χ2n) is 4.12. The van der Waals surface area contributed by atoms with Crippen LogP contribution in [0.4, 0.5) is 5.69 Å². The predicted molar refractivity (Wildman–Crippen MR) is 64.6 cm³/mol. The third-order valence-corrected chi connectivity index (χ3v) is 2.23. The van der Waals surface area contributed by atoms with Gasteiger partial charge in [-0.05, 0) is 37.1 Å². The van der Waals surface area contributed by atoms with Gasteiger partial charge in [-0.25, -0.2) is 0 Å². The van der Waals surface area contributed by atoms with Gasteiger partial charge in [-0.2, -0.15) is 0 Å². The Morgan fingerprint density at radius 1 is 1.38 bits per heavy atom. The number of carbonyl (C=O) groups is 1. The van der Waals surface area contributed by atoms with E-state index in [0.29, 0.717) is 6.54 Å². The van der Waals surface area contributed by atoms with Crippen LogP contribution in [0.1, 0.15) is 17.5 Å². The van der Waals surface area contributed by atoms with Gasteiger partial charge >= 0.3 is 5.97 Å². The summed E-state index contributed by atoms with van der Waals surface area (Å²) in [5, 5.41) is 11.7. The van der Waals surface area contributed by atoms with Gasteiger partial charge in [-0.3, -0.25) is 4.79 Å². The molecule has 1 atom stereocenters. The Balaban J connectivity index is 2.51. The van der Waals surface area contributed by atoms with E-state index < -0.39 is 5.97 Å². The lowest BCUT2D eigenvalue weighted by molar-refractivity contribution is -0.137. The highest BCUT2D eigenvalue weighted by Crippen LogP contribution is 2.13.